The molecule has 3 nitrogen and oxygen atoms in total. The Morgan fingerprint density at radius 2 is 2.15 bits per heavy atom. The summed E-state index contributed by atoms with van der Waals surface area (Å²) in [5.41, 5.74) is 1.34. The summed E-state index contributed by atoms with van der Waals surface area (Å²) in [5.74, 6) is 0. The number of aryl methyl sites for hydroxylation is 1. The van der Waals surface area contributed by atoms with Crippen molar-refractivity contribution in [2.24, 2.45) is 4.36 Å². The zero-order chi connectivity index (χ0) is 9.84. The highest BCUT2D eigenvalue weighted by molar-refractivity contribution is 7.61. The van der Waals surface area contributed by atoms with Crippen LogP contribution in [0, 0.1) is 0 Å². The van der Waals surface area contributed by atoms with Gasteiger partial charge in [0.05, 0.1) is 10.7 Å². The van der Waals surface area contributed by atoms with Gasteiger partial charge < -0.3 is 0 Å². The van der Waals surface area contributed by atoms with E-state index in [1.807, 2.05) is 6.92 Å². The highest BCUT2D eigenvalue weighted by Crippen LogP contribution is 2.25. The van der Waals surface area contributed by atoms with Gasteiger partial charge in [-0.25, -0.2) is 0 Å². The van der Waals surface area contributed by atoms with Gasteiger partial charge in [-0.2, -0.15) is 8.42 Å². The molecule has 0 bridgehead atoms. The number of hydrogen-bond donors (Lipinski definition) is 0. The van der Waals surface area contributed by atoms with Crippen molar-refractivity contribution in [3.05, 3.63) is 28.8 Å². The molecule has 5 heteroatoms. The maximum Gasteiger partial charge on any atom is 0.316 e. The molecule has 0 fully saturated rings. The van der Waals surface area contributed by atoms with E-state index in [1.54, 1.807) is 18.2 Å². The highest BCUT2D eigenvalue weighted by atomic mass is 35.5. The van der Waals surface area contributed by atoms with Crippen LogP contribution in [0.2, 0.25) is 5.02 Å². The van der Waals surface area contributed by atoms with E-state index in [0.717, 1.165) is 12.0 Å². The zero-order valence-electron chi connectivity index (χ0n) is 6.99. The Labute approximate surface area is 83.1 Å². The largest absolute Gasteiger partial charge is 0.316 e. The number of halogens is 1. The minimum atomic E-state index is -2.44. The van der Waals surface area contributed by atoms with Gasteiger partial charge in [-0.3, -0.25) is 0 Å². The molecule has 0 saturated heterocycles. The summed E-state index contributed by atoms with van der Waals surface area (Å²) < 4.78 is 23.8. The molecule has 0 unspecified atom stereocenters. The molecule has 1 aromatic carbocycles. The second-order valence-electron chi connectivity index (χ2n) is 2.45. The summed E-state index contributed by atoms with van der Waals surface area (Å²) in [6.07, 6.45) is 0.862. The lowest BCUT2D eigenvalue weighted by molar-refractivity contribution is 0.622. The SMILES string of the molecule is CCc1ccc(N=S(=O)=O)c(Cl)c1. The normalized spacial score (nSPS) is 9.69. The van der Waals surface area contributed by atoms with E-state index in [9.17, 15) is 8.42 Å². The van der Waals surface area contributed by atoms with Gasteiger partial charge in [-0.05, 0) is 24.1 Å². The molecule has 0 aliphatic heterocycles. The average molecular weight is 218 g/mol. The number of rotatable bonds is 2. The first-order valence-electron chi connectivity index (χ1n) is 3.73. The van der Waals surface area contributed by atoms with E-state index in [-0.39, 0.29) is 5.69 Å². The van der Waals surface area contributed by atoms with Gasteiger partial charge >= 0.3 is 10.5 Å². The summed E-state index contributed by atoms with van der Waals surface area (Å²) in [6, 6.07) is 5.11. The number of hydrogen-bond acceptors (Lipinski definition) is 3. The molecule has 1 rings (SSSR count). The first-order chi connectivity index (χ1) is 6.13. The molecule has 0 radical (unpaired) electrons. The van der Waals surface area contributed by atoms with E-state index in [2.05, 4.69) is 4.36 Å². The van der Waals surface area contributed by atoms with Crippen LogP contribution in [0.15, 0.2) is 22.6 Å². The Morgan fingerprint density at radius 3 is 2.62 bits per heavy atom. The molecule has 0 amide bonds. The third kappa shape index (κ3) is 2.82. The average Bonchev–Trinajstić information content (AvgIpc) is 2.08. The van der Waals surface area contributed by atoms with Crippen molar-refractivity contribution in [1.29, 1.82) is 0 Å². The Kier molecular flexibility index (Phi) is 3.45. The Hall–Kier alpha value is -0.870. The lowest BCUT2D eigenvalue weighted by Crippen LogP contribution is -1.78. The number of nitrogens with zero attached hydrogens (tertiary/aromatic N) is 1. The van der Waals surface area contributed by atoms with Crippen LogP contribution in [0.5, 0.6) is 0 Å². The van der Waals surface area contributed by atoms with Crippen LogP contribution in [-0.4, -0.2) is 8.42 Å². The minimum absolute atomic E-state index is 0.284. The summed E-state index contributed by atoms with van der Waals surface area (Å²) in [7, 11) is -2.44. The third-order valence-corrected chi connectivity index (χ3v) is 2.24. The smallest absolute Gasteiger partial charge is 0.163 e. The Morgan fingerprint density at radius 1 is 1.46 bits per heavy atom. The predicted octanol–water partition coefficient (Wildman–Crippen LogP) is 2.60. The first kappa shape index (κ1) is 10.2. The van der Waals surface area contributed by atoms with E-state index >= 15 is 0 Å². The van der Waals surface area contributed by atoms with Crippen molar-refractivity contribution in [2.75, 3.05) is 0 Å². The molecule has 1 aromatic rings. The first-order valence-corrected chi connectivity index (χ1v) is 5.14. The van der Waals surface area contributed by atoms with Gasteiger partial charge in [0, 0.05) is 0 Å². The van der Waals surface area contributed by atoms with Crippen LogP contribution in [-0.2, 0) is 16.9 Å². The van der Waals surface area contributed by atoms with E-state index < -0.39 is 10.5 Å². The Bertz CT molecular complexity index is 431. The molecule has 0 aliphatic carbocycles. The van der Waals surface area contributed by atoms with Crippen LogP contribution in [0.1, 0.15) is 12.5 Å². The fourth-order valence-corrected chi connectivity index (χ4v) is 1.54. The molecule has 0 heterocycles. The fourth-order valence-electron chi connectivity index (χ4n) is 0.925. The van der Waals surface area contributed by atoms with Crippen molar-refractivity contribution in [1.82, 2.24) is 0 Å². The zero-order valence-corrected chi connectivity index (χ0v) is 8.56. The third-order valence-electron chi connectivity index (χ3n) is 1.59. The van der Waals surface area contributed by atoms with Gasteiger partial charge in [0.15, 0.2) is 0 Å². The summed E-state index contributed by atoms with van der Waals surface area (Å²) in [4.78, 5) is 0. The monoisotopic (exact) mass is 217 g/mol. The highest BCUT2D eigenvalue weighted by Gasteiger charge is 1.99. The van der Waals surface area contributed by atoms with Gasteiger partial charge in [-0.15, -0.1) is 4.36 Å². The van der Waals surface area contributed by atoms with Crippen molar-refractivity contribution in [3.8, 4) is 0 Å². The number of benzene rings is 1. The molecule has 0 aromatic heterocycles. The van der Waals surface area contributed by atoms with E-state index in [1.165, 1.54) is 0 Å². The second kappa shape index (κ2) is 4.39. The minimum Gasteiger partial charge on any atom is -0.163 e. The second-order valence-corrected chi connectivity index (χ2v) is 3.47. The van der Waals surface area contributed by atoms with Crippen LogP contribution in [0.4, 0.5) is 5.69 Å². The summed E-state index contributed by atoms with van der Waals surface area (Å²) >= 11 is 5.79. The topological polar surface area (TPSA) is 46.5 Å². The lowest BCUT2D eigenvalue weighted by atomic mass is 10.1. The maximum atomic E-state index is 10.3. The standard InChI is InChI=1S/C8H8ClNO2S/c1-2-6-3-4-8(7(9)5-6)10-13(11)12/h3-5H,2H2,1H3. The van der Waals surface area contributed by atoms with E-state index in [4.69, 9.17) is 11.6 Å². The maximum absolute atomic E-state index is 10.3. The molecule has 0 aliphatic rings. The fraction of sp³-hybridized carbons (Fsp3) is 0.250. The molecule has 0 spiro atoms. The molecule has 0 N–H and O–H groups in total. The van der Waals surface area contributed by atoms with Gasteiger partial charge in [0.25, 0.3) is 0 Å². The molecular formula is C8H8ClNO2S. The van der Waals surface area contributed by atoms with Crippen LogP contribution < -0.4 is 0 Å². The van der Waals surface area contributed by atoms with Crippen molar-refractivity contribution in [3.63, 3.8) is 0 Å². The lowest BCUT2D eigenvalue weighted by Gasteiger charge is -1.98. The molecule has 13 heavy (non-hydrogen) atoms. The van der Waals surface area contributed by atoms with Gasteiger partial charge in [-0.1, -0.05) is 24.6 Å². The molecular weight excluding hydrogens is 210 g/mol. The summed E-state index contributed by atoms with van der Waals surface area (Å²) in [5, 5.41) is 0.364. The van der Waals surface area contributed by atoms with Crippen molar-refractivity contribution >= 4 is 27.8 Å². The van der Waals surface area contributed by atoms with E-state index in [0.29, 0.717) is 5.02 Å². The van der Waals surface area contributed by atoms with Crippen LogP contribution in [0.3, 0.4) is 0 Å². The van der Waals surface area contributed by atoms with Gasteiger partial charge in [0.1, 0.15) is 0 Å². The summed E-state index contributed by atoms with van der Waals surface area (Å²) in [6.45, 7) is 1.99. The quantitative estimate of drug-likeness (QED) is 0.765. The van der Waals surface area contributed by atoms with Crippen molar-refractivity contribution < 1.29 is 8.42 Å². The van der Waals surface area contributed by atoms with Crippen LogP contribution in [0.25, 0.3) is 0 Å². The Balaban J connectivity index is 3.20. The predicted molar refractivity (Wildman–Crippen MR) is 51.8 cm³/mol. The van der Waals surface area contributed by atoms with Crippen LogP contribution >= 0.6 is 11.6 Å². The molecule has 0 saturated carbocycles. The van der Waals surface area contributed by atoms with Crippen molar-refractivity contribution in [2.45, 2.75) is 13.3 Å². The van der Waals surface area contributed by atoms with Gasteiger partial charge in [0.2, 0.25) is 0 Å². The molecule has 70 valence electrons. The molecule has 0 atom stereocenters.